The monoisotopic (exact) mass is 303 g/mol. The molecular weight excluding hydrogens is 290 g/mol. The number of nitrogen functional groups attached to an aromatic ring is 1. The zero-order valence-electron chi connectivity index (χ0n) is 11.1. The summed E-state index contributed by atoms with van der Waals surface area (Å²) in [5.41, 5.74) is 9.41. The van der Waals surface area contributed by atoms with Crippen molar-refractivity contribution >= 4 is 28.9 Å². The first-order valence-corrected chi connectivity index (χ1v) is 7.44. The van der Waals surface area contributed by atoms with Crippen LogP contribution in [0.5, 0.6) is 0 Å². The Hall–Kier alpha value is -2.26. The van der Waals surface area contributed by atoms with Crippen molar-refractivity contribution in [1.29, 1.82) is 0 Å². The summed E-state index contributed by atoms with van der Waals surface area (Å²) >= 11 is 1.54. The fourth-order valence-electron chi connectivity index (χ4n) is 2.31. The number of nitrogens with zero attached hydrogens (tertiary/aromatic N) is 6. The molecule has 1 fully saturated rings. The largest absolute Gasteiger partial charge is 0.378 e. The molecule has 0 amide bonds. The van der Waals surface area contributed by atoms with Gasteiger partial charge in [0.2, 0.25) is 11.9 Å². The van der Waals surface area contributed by atoms with Crippen molar-refractivity contribution in [2.24, 2.45) is 0 Å². The van der Waals surface area contributed by atoms with E-state index in [1.165, 1.54) is 0 Å². The minimum atomic E-state index is 0.331. The number of fused-ring (bicyclic) bond motifs is 1. The Morgan fingerprint density at radius 3 is 2.81 bits per heavy atom. The molecule has 0 saturated carbocycles. The SMILES string of the molecule is Nc1nc(N2CCOCC2)nc2c(-c3cncs3)cnn12. The summed E-state index contributed by atoms with van der Waals surface area (Å²) in [7, 11) is 0. The second-order valence-electron chi connectivity index (χ2n) is 4.64. The molecule has 0 radical (unpaired) electrons. The van der Waals surface area contributed by atoms with E-state index in [1.807, 2.05) is 0 Å². The summed E-state index contributed by atoms with van der Waals surface area (Å²) in [6.45, 7) is 2.88. The van der Waals surface area contributed by atoms with E-state index in [4.69, 9.17) is 10.5 Å². The third kappa shape index (κ3) is 2.10. The van der Waals surface area contributed by atoms with Crippen LogP contribution in [0, 0.1) is 0 Å². The van der Waals surface area contributed by atoms with Crippen molar-refractivity contribution in [3.8, 4) is 10.4 Å². The van der Waals surface area contributed by atoms with Crippen molar-refractivity contribution < 1.29 is 4.74 Å². The molecule has 3 aromatic heterocycles. The van der Waals surface area contributed by atoms with Gasteiger partial charge in [0.15, 0.2) is 5.65 Å². The first-order valence-electron chi connectivity index (χ1n) is 6.56. The van der Waals surface area contributed by atoms with Gasteiger partial charge in [-0.2, -0.15) is 19.6 Å². The van der Waals surface area contributed by atoms with Crippen LogP contribution in [0.25, 0.3) is 16.1 Å². The normalized spacial score (nSPS) is 15.7. The molecule has 3 aromatic rings. The zero-order chi connectivity index (χ0) is 14.2. The lowest BCUT2D eigenvalue weighted by Crippen LogP contribution is -2.37. The molecule has 8 nitrogen and oxygen atoms in total. The molecule has 2 N–H and O–H groups in total. The molecule has 0 spiro atoms. The highest BCUT2D eigenvalue weighted by atomic mass is 32.1. The summed E-state index contributed by atoms with van der Waals surface area (Å²) in [6.07, 6.45) is 3.55. The molecule has 4 heterocycles. The van der Waals surface area contributed by atoms with Gasteiger partial charge in [0.25, 0.3) is 0 Å². The molecule has 0 unspecified atom stereocenters. The van der Waals surface area contributed by atoms with Gasteiger partial charge in [-0.05, 0) is 0 Å². The first-order chi connectivity index (χ1) is 10.3. The summed E-state index contributed by atoms with van der Waals surface area (Å²) in [4.78, 5) is 16.2. The van der Waals surface area contributed by atoms with Gasteiger partial charge >= 0.3 is 0 Å². The van der Waals surface area contributed by atoms with Gasteiger partial charge in [0.05, 0.1) is 35.4 Å². The van der Waals surface area contributed by atoms with Crippen molar-refractivity contribution in [2.45, 2.75) is 0 Å². The number of morpholine rings is 1. The summed E-state index contributed by atoms with van der Waals surface area (Å²) in [5, 5.41) is 4.26. The Kier molecular flexibility index (Phi) is 2.93. The maximum absolute atomic E-state index is 6.01. The van der Waals surface area contributed by atoms with E-state index < -0.39 is 0 Å². The second-order valence-corrected chi connectivity index (χ2v) is 5.53. The number of ether oxygens (including phenoxy) is 1. The fraction of sp³-hybridized carbons (Fsp3) is 0.333. The smallest absolute Gasteiger partial charge is 0.230 e. The van der Waals surface area contributed by atoms with Gasteiger partial charge in [-0.1, -0.05) is 0 Å². The Labute approximate surface area is 124 Å². The van der Waals surface area contributed by atoms with Crippen LogP contribution in [-0.2, 0) is 4.74 Å². The molecule has 21 heavy (non-hydrogen) atoms. The van der Waals surface area contributed by atoms with Gasteiger partial charge < -0.3 is 15.4 Å². The second kappa shape index (κ2) is 4.93. The number of aromatic nitrogens is 5. The lowest BCUT2D eigenvalue weighted by Gasteiger charge is -2.26. The Morgan fingerprint density at radius 2 is 2.05 bits per heavy atom. The lowest BCUT2D eigenvalue weighted by molar-refractivity contribution is 0.122. The molecular formula is C12H13N7OS. The van der Waals surface area contributed by atoms with E-state index in [0.717, 1.165) is 23.5 Å². The number of thiazole rings is 1. The van der Waals surface area contributed by atoms with E-state index >= 15 is 0 Å². The van der Waals surface area contributed by atoms with Gasteiger partial charge in [0.1, 0.15) is 0 Å². The number of hydrogen-bond acceptors (Lipinski definition) is 8. The van der Waals surface area contributed by atoms with Crippen LogP contribution in [0.3, 0.4) is 0 Å². The zero-order valence-corrected chi connectivity index (χ0v) is 12.0. The highest BCUT2D eigenvalue weighted by molar-refractivity contribution is 7.13. The van der Waals surface area contributed by atoms with Gasteiger partial charge in [-0.3, -0.25) is 4.98 Å². The van der Waals surface area contributed by atoms with Gasteiger partial charge in [-0.25, -0.2) is 0 Å². The van der Waals surface area contributed by atoms with Crippen molar-refractivity contribution in [3.05, 3.63) is 17.9 Å². The number of rotatable bonds is 2. The maximum atomic E-state index is 6.01. The summed E-state index contributed by atoms with van der Waals surface area (Å²) < 4.78 is 6.91. The predicted octanol–water partition coefficient (Wildman–Crippen LogP) is 0.667. The quantitative estimate of drug-likeness (QED) is 0.743. The topological polar surface area (TPSA) is 94.5 Å². The summed E-state index contributed by atoms with van der Waals surface area (Å²) in [5.74, 6) is 0.951. The van der Waals surface area contributed by atoms with Crippen LogP contribution >= 0.6 is 11.3 Å². The molecule has 0 aliphatic carbocycles. The Balaban J connectivity index is 1.85. The standard InChI is InChI=1S/C12H13N7OS/c13-11-17-12(18-1-3-20-4-2-18)16-10-8(5-15-19(10)11)9-6-14-7-21-9/h5-7H,1-4H2,(H2,13,16,17). The lowest BCUT2D eigenvalue weighted by atomic mass is 10.3. The van der Waals surface area contributed by atoms with Crippen LogP contribution in [0.15, 0.2) is 17.9 Å². The Bertz CT molecular complexity index is 763. The fourth-order valence-corrected chi connectivity index (χ4v) is 2.94. The molecule has 0 bridgehead atoms. The maximum Gasteiger partial charge on any atom is 0.230 e. The third-order valence-corrected chi connectivity index (χ3v) is 4.18. The molecule has 4 rings (SSSR count). The highest BCUT2D eigenvalue weighted by Crippen LogP contribution is 2.28. The van der Waals surface area contributed by atoms with Crippen LogP contribution in [0.4, 0.5) is 11.9 Å². The van der Waals surface area contributed by atoms with E-state index in [9.17, 15) is 0 Å². The Morgan fingerprint density at radius 1 is 1.19 bits per heavy atom. The first kappa shape index (κ1) is 12.5. The van der Waals surface area contributed by atoms with E-state index in [2.05, 4.69) is 25.0 Å². The number of hydrogen-bond donors (Lipinski definition) is 1. The molecule has 108 valence electrons. The minimum Gasteiger partial charge on any atom is -0.378 e. The third-order valence-electron chi connectivity index (χ3n) is 3.37. The molecule has 0 aromatic carbocycles. The highest BCUT2D eigenvalue weighted by Gasteiger charge is 2.18. The number of anilines is 2. The van der Waals surface area contributed by atoms with E-state index in [0.29, 0.717) is 30.8 Å². The van der Waals surface area contributed by atoms with E-state index in [-0.39, 0.29) is 0 Å². The van der Waals surface area contributed by atoms with Crippen LogP contribution in [0.2, 0.25) is 0 Å². The number of nitrogens with two attached hydrogens (primary N) is 1. The van der Waals surface area contributed by atoms with E-state index in [1.54, 1.807) is 33.8 Å². The molecule has 9 heteroatoms. The van der Waals surface area contributed by atoms with Crippen molar-refractivity contribution in [2.75, 3.05) is 36.9 Å². The molecule has 0 atom stereocenters. The van der Waals surface area contributed by atoms with Crippen LogP contribution in [-0.4, -0.2) is 50.9 Å². The molecule has 1 saturated heterocycles. The van der Waals surface area contributed by atoms with Gasteiger partial charge in [0, 0.05) is 19.3 Å². The van der Waals surface area contributed by atoms with Gasteiger partial charge in [-0.15, -0.1) is 11.3 Å². The minimum absolute atomic E-state index is 0.331. The summed E-state index contributed by atoms with van der Waals surface area (Å²) in [6, 6.07) is 0. The van der Waals surface area contributed by atoms with Crippen LogP contribution < -0.4 is 10.6 Å². The van der Waals surface area contributed by atoms with Crippen LogP contribution in [0.1, 0.15) is 0 Å². The van der Waals surface area contributed by atoms with Crippen molar-refractivity contribution in [3.63, 3.8) is 0 Å². The predicted molar refractivity (Wildman–Crippen MR) is 79.3 cm³/mol. The molecule has 1 aliphatic heterocycles. The average Bonchev–Trinajstić information content (AvgIpc) is 3.16. The molecule has 1 aliphatic rings. The average molecular weight is 303 g/mol. The van der Waals surface area contributed by atoms with Crippen molar-refractivity contribution in [1.82, 2.24) is 24.6 Å².